The van der Waals surface area contributed by atoms with Crippen LogP contribution in [-0.4, -0.2) is 49.9 Å². The van der Waals surface area contributed by atoms with Crippen LogP contribution in [0.1, 0.15) is 32.3 Å². The average Bonchev–Trinajstić information content (AvgIpc) is 2.75. The Morgan fingerprint density at radius 3 is 2.10 bits per heavy atom. The van der Waals surface area contributed by atoms with Gasteiger partial charge in [0.25, 0.3) is 0 Å². The number of carbonyl (C=O) groups is 3. The Bertz CT molecular complexity index is 663. The zero-order valence-electron chi connectivity index (χ0n) is 18.0. The SMILES string of the molecule is C=C(C)C(=O)OC.C=Cc1ccccc1.CCCCOCCOC(=O)/C=C\C(=O)O. The van der Waals surface area contributed by atoms with Gasteiger partial charge in [-0.2, -0.15) is 0 Å². The average molecular weight is 421 g/mol. The maximum absolute atomic E-state index is 10.8. The minimum Gasteiger partial charge on any atom is -0.478 e. The molecule has 0 saturated carbocycles. The Kier molecular flexibility index (Phi) is 19.9. The van der Waals surface area contributed by atoms with Crippen molar-refractivity contribution in [3.8, 4) is 0 Å². The maximum Gasteiger partial charge on any atom is 0.332 e. The quantitative estimate of drug-likeness (QED) is 0.346. The van der Waals surface area contributed by atoms with E-state index in [9.17, 15) is 14.4 Å². The van der Waals surface area contributed by atoms with Crippen LogP contribution in [0.15, 0.2) is 61.2 Å². The lowest BCUT2D eigenvalue weighted by Gasteiger charge is -2.03. The number of unbranched alkanes of at least 4 members (excludes halogenated alkanes) is 1. The summed E-state index contributed by atoms with van der Waals surface area (Å²) < 4.78 is 14.1. The van der Waals surface area contributed by atoms with Crippen molar-refractivity contribution in [3.05, 3.63) is 66.8 Å². The smallest absolute Gasteiger partial charge is 0.332 e. The number of hydrogen-bond donors (Lipinski definition) is 1. The van der Waals surface area contributed by atoms with Gasteiger partial charge in [-0.15, -0.1) is 0 Å². The number of rotatable bonds is 10. The van der Waals surface area contributed by atoms with Gasteiger partial charge in [0.2, 0.25) is 0 Å². The van der Waals surface area contributed by atoms with Crippen molar-refractivity contribution in [2.75, 3.05) is 26.9 Å². The molecule has 1 aromatic carbocycles. The molecule has 0 atom stereocenters. The molecule has 0 spiro atoms. The molecule has 166 valence electrons. The second-order valence-electron chi connectivity index (χ2n) is 5.69. The molecule has 30 heavy (non-hydrogen) atoms. The predicted molar refractivity (Wildman–Crippen MR) is 117 cm³/mol. The zero-order valence-corrected chi connectivity index (χ0v) is 18.0. The van der Waals surface area contributed by atoms with Gasteiger partial charge in [-0.1, -0.05) is 62.9 Å². The second kappa shape index (κ2) is 20.5. The highest BCUT2D eigenvalue weighted by Gasteiger charge is 1.98. The van der Waals surface area contributed by atoms with E-state index in [-0.39, 0.29) is 12.6 Å². The van der Waals surface area contributed by atoms with Gasteiger partial charge in [0.15, 0.2) is 0 Å². The molecular weight excluding hydrogens is 388 g/mol. The van der Waals surface area contributed by atoms with Gasteiger partial charge in [0.05, 0.1) is 13.7 Å². The first-order valence-electron chi connectivity index (χ1n) is 9.35. The van der Waals surface area contributed by atoms with Crippen molar-refractivity contribution >= 4 is 24.0 Å². The molecule has 1 aromatic rings. The van der Waals surface area contributed by atoms with E-state index in [4.69, 9.17) is 9.84 Å². The number of methoxy groups -OCH3 is 1. The summed E-state index contributed by atoms with van der Waals surface area (Å²) in [7, 11) is 1.33. The second-order valence-corrected chi connectivity index (χ2v) is 5.69. The molecule has 0 aliphatic heterocycles. The minimum atomic E-state index is -1.17. The summed E-state index contributed by atoms with van der Waals surface area (Å²) in [5, 5.41) is 8.21. The Hall–Kier alpha value is -3.19. The lowest BCUT2D eigenvalue weighted by Crippen LogP contribution is -2.09. The van der Waals surface area contributed by atoms with Crippen molar-refractivity contribution in [3.63, 3.8) is 0 Å². The van der Waals surface area contributed by atoms with Crippen LogP contribution in [0, 0.1) is 0 Å². The van der Waals surface area contributed by atoms with Gasteiger partial charge >= 0.3 is 17.9 Å². The fraction of sp³-hybridized carbons (Fsp3) is 0.348. The summed E-state index contributed by atoms with van der Waals surface area (Å²) >= 11 is 0. The molecule has 1 rings (SSSR count). The number of esters is 2. The molecule has 7 nitrogen and oxygen atoms in total. The standard InChI is InChI=1S/C10H16O5.C8H8.C5H8O2/c1-2-3-6-14-7-8-15-10(13)5-4-9(11)12;1-2-8-6-4-3-5-7-8;1-4(2)5(6)7-3/h4-5H,2-3,6-8H2,1H3,(H,11,12);2-7H,1H2;1H2,2-3H3/b5-4-;;. The third-order valence-electron chi connectivity index (χ3n) is 3.05. The molecular formula is C23H32O7. The van der Waals surface area contributed by atoms with E-state index in [2.05, 4.69) is 29.6 Å². The van der Waals surface area contributed by atoms with E-state index in [1.165, 1.54) is 12.7 Å². The van der Waals surface area contributed by atoms with Crippen LogP contribution < -0.4 is 0 Å². The summed E-state index contributed by atoms with van der Waals surface area (Å²) in [6, 6.07) is 10.0. The molecule has 0 aliphatic rings. The van der Waals surface area contributed by atoms with Crippen LogP contribution in [0.2, 0.25) is 0 Å². The first-order valence-corrected chi connectivity index (χ1v) is 9.35. The fourth-order valence-corrected chi connectivity index (χ4v) is 1.50. The molecule has 0 aliphatic carbocycles. The summed E-state index contributed by atoms with van der Waals surface area (Å²) in [5.41, 5.74) is 1.61. The Balaban J connectivity index is 0. The lowest BCUT2D eigenvalue weighted by molar-refractivity contribution is -0.140. The van der Waals surface area contributed by atoms with Gasteiger partial charge in [-0.25, -0.2) is 14.4 Å². The predicted octanol–water partition coefficient (Wildman–Crippen LogP) is 4.05. The highest BCUT2D eigenvalue weighted by molar-refractivity contribution is 5.90. The van der Waals surface area contributed by atoms with Crippen LogP contribution in [0.4, 0.5) is 0 Å². The molecule has 7 heteroatoms. The van der Waals surface area contributed by atoms with Gasteiger partial charge in [-0.3, -0.25) is 0 Å². The third kappa shape index (κ3) is 21.1. The highest BCUT2D eigenvalue weighted by Crippen LogP contribution is 1.97. The fourth-order valence-electron chi connectivity index (χ4n) is 1.50. The molecule has 0 radical (unpaired) electrons. The molecule has 0 saturated heterocycles. The van der Waals surface area contributed by atoms with E-state index >= 15 is 0 Å². The van der Waals surface area contributed by atoms with Crippen molar-refractivity contribution in [2.45, 2.75) is 26.7 Å². The van der Waals surface area contributed by atoms with Gasteiger partial charge < -0.3 is 19.3 Å². The summed E-state index contributed by atoms with van der Waals surface area (Å²) in [4.78, 5) is 31.0. The molecule has 0 aromatic heterocycles. The maximum atomic E-state index is 10.8. The number of hydrogen-bond acceptors (Lipinski definition) is 6. The van der Waals surface area contributed by atoms with E-state index in [0.29, 0.717) is 18.8 Å². The Morgan fingerprint density at radius 1 is 1.07 bits per heavy atom. The monoisotopic (exact) mass is 420 g/mol. The van der Waals surface area contributed by atoms with Crippen LogP contribution in [0.25, 0.3) is 6.08 Å². The van der Waals surface area contributed by atoms with Crippen molar-refractivity contribution in [1.82, 2.24) is 0 Å². The highest BCUT2D eigenvalue weighted by atomic mass is 16.6. The number of carboxylic acids is 1. The first kappa shape index (κ1) is 29.0. The Labute approximate surface area is 178 Å². The first-order chi connectivity index (χ1) is 14.3. The van der Waals surface area contributed by atoms with Crippen LogP contribution in [0.5, 0.6) is 0 Å². The molecule has 0 heterocycles. The van der Waals surface area contributed by atoms with Crippen LogP contribution >= 0.6 is 0 Å². The summed E-state index contributed by atoms with van der Waals surface area (Å²) in [5.74, 6) is -2.19. The van der Waals surface area contributed by atoms with Gasteiger partial charge in [0, 0.05) is 24.3 Å². The molecule has 1 N–H and O–H groups in total. The molecule has 0 amide bonds. The summed E-state index contributed by atoms with van der Waals surface area (Å²) in [6.07, 6.45) is 5.47. The van der Waals surface area contributed by atoms with Crippen LogP contribution in [-0.2, 0) is 28.6 Å². The number of aliphatic carboxylic acids is 1. The normalized spacial score (nSPS) is 9.30. The zero-order chi connectivity index (χ0) is 23.2. The number of benzene rings is 1. The third-order valence-corrected chi connectivity index (χ3v) is 3.05. The van der Waals surface area contributed by atoms with Crippen LogP contribution in [0.3, 0.4) is 0 Å². The topological polar surface area (TPSA) is 99.1 Å². The van der Waals surface area contributed by atoms with Crippen molar-refractivity contribution in [1.29, 1.82) is 0 Å². The lowest BCUT2D eigenvalue weighted by atomic mass is 10.2. The minimum absolute atomic E-state index is 0.145. The van der Waals surface area contributed by atoms with E-state index < -0.39 is 11.9 Å². The van der Waals surface area contributed by atoms with E-state index in [1.807, 2.05) is 36.4 Å². The number of carbonyl (C=O) groups excluding carboxylic acids is 2. The van der Waals surface area contributed by atoms with Crippen molar-refractivity contribution < 1.29 is 33.7 Å². The summed E-state index contributed by atoms with van der Waals surface area (Å²) in [6.45, 7) is 11.8. The van der Waals surface area contributed by atoms with Crippen molar-refractivity contribution in [2.24, 2.45) is 0 Å². The number of carboxylic acid groups (broad SMARTS) is 1. The van der Waals surface area contributed by atoms with Gasteiger partial charge in [0.1, 0.15) is 6.61 Å². The largest absolute Gasteiger partial charge is 0.478 e. The number of ether oxygens (including phenoxy) is 3. The molecule has 0 bridgehead atoms. The van der Waals surface area contributed by atoms with Gasteiger partial charge in [-0.05, 0) is 18.9 Å². The molecule has 0 fully saturated rings. The molecule has 0 unspecified atom stereocenters. The van der Waals surface area contributed by atoms with E-state index in [0.717, 1.165) is 25.0 Å². The van der Waals surface area contributed by atoms with E-state index in [1.54, 1.807) is 6.92 Å². The Morgan fingerprint density at radius 2 is 1.70 bits per heavy atom.